The molecule has 0 aromatic heterocycles. The molecule has 1 aliphatic carbocycles. The molecular formula is C13H21NO3. The molecule has 0 aromatic carbocycles. The first kappa shape index (κ1) is 12.6. The van der Waals surface area contributed by atoms with Gasteiger partial charge in [-0.05, 0) is 19.3 Å². The largest absolute Gasteiger partial charge is 0.469 e. The molecule has 1 fully saturated rings. The van der Waals surface area contributed by atoms with Crippen molar-refractivity contribution in [3.8, 4) is 0 Å². The summed E-state index contributed by atoms with van der Waals surface area (Å²) in [5.74, 6) is -0.184. The number of hydrogen-bond donors (Lipinski definition) is 0. The van der Waals surface area contributed by atoms with E-state index in [0.29, 0.717) is 19.1 Å². The third-order valence-electron chi connectivity index (χ3n) is 3.49. The number of allylic oxidation sites excluding steroid dienone is 1. The molecule has 0 N–H and O–H groups in total. The molecule has 0 spiro atoms. The Morgan fingerprint density at radius 1 is 1.59 bits per heavy atom. The average molecular weight is 239 g/mol. The van der Waals surface area contributed by atoms with Crippen LogP contribution in [0.3, 0.4) is 0 Å². The first-order valence-corrected chi connectivity index (χ1v) is 6.38. The predicted molar refractivity (Wildman–Crippen MR) is 64.7 cm³/mol. The highest BCUT2D eigenvalue weighted by Crippen LogP contribution is 2.20. The maximum atomic E-state index is 11.2. The molecule has 0 unspecified atom stereocenters. The Kier molecular flexibility index (Phi) is 4.57. The summed E-state index contributed by atoms with van der Waals surface area (Å²) in [4.78, 5) is 13.7. The van der Waals surface area contributed by atoms with E-state index in [1.807, 2.05) is 0 Å². The number of rotatable bonds is 3. The molecule has 17 heavy (non-hydrogen) atoms. The zero-order chi connectivity index (χ0) is 12.1. The standard InChI is InChI=1S/C13H21NO3/c1-16-13(15)9-12-10-14(7-8-17-12)11-5-3-2-4-6-11/h3,5,11-12H,2,4,6-10H2,1H3/t11-,12-/m0/s1. The van der Waals surface area contributed by atoms with E-state index in [4.69, 9.17) is 4.74 Å². The van der Waals surface area contributed by atoms with E-state index in [1.165, 1.54) is 26.4 Å². The maximum Gasteiger partial charge on any atom is 0.308 e. The normalized spacial score (nSPS) is 30.2. The van der Waals surface area contributed by atoms with Gasteiger partial charge in [0.25, 0.3) is 0 Å². The molecular weight excluding hydrogens is 218 g/mol. The molecule has 0 saturated carbocycles. The SMILES string of the molecule is COC(=O)C[C@H]1CN([C@H]2C=CCCC2)CCO1. The van der Waals surface area contributed by atoms with E-state index < -0.39 is 0 Å². The number of esters is 1. The number of ether oxygens (including phenoxy) is 2. The van der Waals surface area contributed by atoms with Gasteiger partial charge in [0.05, 0.1) is 26.2 Å². The van der Waals surface area contributed by atoms with Gasteiger partial charge in [0.1, 0.15) is 0 Å². The quantitative estimate of drug-likeness (QED) is 0.550. The predicted octanol–water partition coefficient (Wildman–Crippen LogP) is 1.36. The number of carbonyl (C=O) groups excluding carboxylic acids is 1. The number of carbonyl (C=O) groups is 1. The molecule has 96 valence electrons. The summed E-state index contributed by atoms with van der Waals surface area (Å²) in [7, 11) is 1.42. The van der Waals surface area contributed by atoms with E-state index in [9.17, 15) is 4.79 Å². The van der Waals surface area contributed by atoms with Crippen LogP contribution in [0.1, 0.15) is 25.7 Å². The Bertz CT molecular complexity index is 290. The number of morpholine rings is 1. The highest BCUT2D eigenvalue weighted by atomic mass is 16.5. The third kappa shape index (κ3) is 3.54. The number of hydrogen-bond acceptors (Lipinski definition) is 4. The van der Waals surface area contributed by atoms with Crippen molar-refractivity contribution >= 4 is 5.97 Å². The molecule has 4 nitrogen and oxygen atoms in total. The van der Waals surface area contributed by atoms with Gasteiger partial charge in [0.15, 0.2) is 0 Å². The zero-order valence-corrected chi connectivity index (χ0v) is 10.4. The fraction of sp³-hybridized carbons (Fsp3) is 0.769. The summed E-state index contributed by atoms with van der Waals surface area (Å²) in [6.07, 6.45) is 8.60. The van der Waals surface area contributed by atoms with Crippen molar-refractivity contribution in [2.75, 3.05) is 26.8 Å². The van der Waals surface area contributed by atoms with Crippen LogP contribution in [0.5, 0.6) is 0 Å². The molecule has 1 saturated heterocycles. The molecule has 0 aromatic rings. The van der Waals surface area contributed by atoms with Crippen LogP contribution in [0, 0.1) is 0 Å². The molecule has 0 bridgehead atoms. The Balaban J connectivity index is 1.85. The Labute approximate surface area is 103 Å². The Morgan fingerprint density at radius 2 is 2.47 bits per heavy atom. The second-order valence-electron chi connectivity index (χ2n) is 4.69. The van der Waals surface area contributed by atoms with Gasteiger partial charge in [-0.25, -0.2) is 0 Å². The molecule has 2 aliphatic rings. The lowest BCUT2D eigenvalue weighted by atomic mass is 10.0. The first-order valence-electron chi connectivity index (χ1n) is 6.38. The van der Waals surface area contributed by atoms with Crippen molar-refractivity contribution < 1.29 is 14.3 Å². The second-order valence-corrected chi connectivity index (χ2v) is 4.69. The van der Waals surface area contributed by atoms with Crippen LogP contribution < -0.4 is 0 Å². The van der Waals surface area contributed by atoms with Gasteiger partial charge in [-0.2, -0.15) is 0 Å². The van der Waals surface area contributed by atoms with Crippen molar-refractivity contribution in [1.29, 1.82) is 0 Å². The van der Waals surface area contributed by atoms with Crippen molar-refractivity contribution in [2.24, 2.45) is 0 Å². The Morgan fingerprint density at radius 3 is 3.18 bits per heavy atom. The van der Waals surface area contributed by atoms with Crippen molar-refractivity contribution in [2.45, 2.75) is 37.8 Å². The smallest absolute Gasteiger partial charge is 0.308 e. The zero-order valence-electron chi connectivity index (χ0n) is 10.4. The summed E-state index contributed by atoms with van der Waals surface area (Å²) in [5.41, 5.74) is 0. The van der Waals surface area contributed by atoms with Crippen LogP contribution >= 0.6 is 0 Å². The minimum Gasteiger partial charge on any atom is -0.469 e. The molecule has 1 aliphatic heterocycles. The van der Waals surface area contributed by atoms with E-state index in [-0.39, 0.29) is 12.1 Å². The van der Waals surface area contributed by atoms with E-state index in [1.54, 1.807) is 0 Å². The first-order chi connectivity index (χ1) is 8.29. The van der Waals surface area contributed by atoms with Crippen molar-refractivity contribution in [3.63, 3.8) is 0 Å². The monoisotopic (exact) mass is 239 g/mol. The minimum atomic E-state index is -0.184. The van der Waals surface area contributed by atoms with Crippen LogP contribution in [0.25, 0.3) is 0 Å². The van der Waals surface area contributed by atoms with Crippen LogP contribution in [-0.2, 0) is 14.3 Å². The van der Waals surface area contributed by atoms with Gasteiger partial charge in [0.2, 0.25) is 0 Å². The van der Waals surface area contributed by atoms with Crippen LogP contribution in [-0.4, -0.2) is 49.8 Å². The lowest BCUT2D eigenvalue weighted by Gasteiger charge is -2.37. The lowest BCUT2D eigenvalue weighted by Crippen LogP contribution is -2.48. The van der Waals surface area contributed by atoms with Gasteiger partial charge in [0, 0.05) is 19.1 Å². The topological polar surface area (TPSA) is 38.8 Å². The maximum absolute atomic E-state index is 11.2. The van der Waals surface area contributed by atoms with Gasteiger partial charge in [-0.3, -0.25) is 9.69 Å². The van der Waals surface area contributed by atoms with Gasteiger partial charge < -0.3 is 9.47 Å². The summed E-state index contributed by atoms with van der Waals surface area (Å²) < 4.78 is 10.3. The summed E-state index contributed by atoms with van der Waals surface area (Å²) >= 11 is 0. The van der Waals surface area contributed by atoms with Crippen LogP contribution in [0.15, 0.2) is 12.2 Å². The Hall–Kier alpha value is -0.870. The molecule has 2 rings (SSSR count). The second kappa shape index (κ2) is 6.17. The molecule has 0 radical (unpaired) electrons. The fourth-order valence-corrected chi connectivity index (χ4v) is 2.53. The summed E-state index contributed by atoms with van der Waals surface area (Å²) in [6.45, 7) is 2.52. The van der Waals surface area contributed by atoms with Crippen molar-refractivity contribution in [3.05, 3.63) is 12.2 Å². The molecule has 4 heteroatoms. The van der Waals surface area contributed by atoms with Crippen molar-refractivity contribution in [1.82, 2.24) is 4.90 Å². The summed E-state index contributed by atoms with van der Waals surface area (Å²) in [6, 6.07) is 0.535. The summed E-state index contributed by atoms with van der Waals surface area (Å²) in [5, 5.41) is 0. The molecule has 0 amide bonds. The average Bonchev–Trinajstić information content (AvgIpc) is 2.40. The third-order valence-corrected chi connectivity index (χ3v) is 3.49. The number of methoxy groups -OCH3 is 1. The lowest BCUT2D eigenvalue weighted by molar-refractivity contribution is -0.146. The number of nitrogens with zero attached hydrogens (tertiary/aromatic N) is 1. The van der Waals surface area contributed by atoms with Crippen LogP contribution in [0.4, 0.5) is 0 Å². The van der Waals surface area contributed by atoms with Gasteiger partial charge in [-0.1, -0.05) is 12.2 Å². The fourth-order valence-electron chi connectivity index (χ4n) is 2.53. The van der Waals surface area contributed by atoms with Gasteiger partial charge in [-0.15, -0.1) is 0 Å². The molecule has 1 heterocycles. The molecule has 2 atom stereocenters. The highest BCUT2D eigenvalue weighted by molar-refractivity contribution is 5.69. The van der Waals surface area contributed by atoms with E-state index in [0.717, 1.165) is 13.1 Å². The van der Waals surface area contributed by atoms with Crippen LogP contribution in [0.2, 0.25) is 0 Å². The minimum absolute atomic E-state index is 0.00785. The van der Waals surface area contributed by atoms with E-state index in [2.05, 4.69) is 21.8 Å². The highest BCUT2D eigenvalue weighted by Gasteiger charge is 2.27. The van der Waals surface area contributed by atoms with Gasteiger partial charge >= 0.3 is 5.97 Å². The van der Waals surface area contributed by atoms with E-state index >= 15 is 0 Å².